The molecule has 0 saturated carbocycles. The molecule has 0 fully saturated rings. The summed E-state index contributed by atoms with van der Waals surface area (Å²) in [6, 6.07) is 1.48. The summed E-state index contributed by atoms with van der Waals surface area (Å²) < 4.78 is 15.6. The zero-order valence-electron chi connectivity index (χ0n) is 13.0. The highest BCUT2D eigenvalue weighted by molar-refractivity contribution is 6.52. The minimum atomic E-state index is -0.714. The molecule has 0 atom stereocenters. The van der Waals surface area contributed by atoms with Crippen molar-refractivity contribution in [1.29, 1.82) is 0 Å². The van der Waals surface area contributed by atoms with Crippen molar-refractivity contribution in [1.82, 2.24) is 0 Å². The molecule has 0 bridgehead atoms. The summed E-state index contributed by atoms with van der Waals surface area (Å²) in [5.41, 5.74) is 0.347. The molecule has 0 aromatic heterocycles. The van der Waals surface area contributed by atoms with Crippen LogP contribution in [0.3, 0.4) is 0 Å². The van der Waals surface area contributed by atoms with Gasteiger partial charge in [-0.15, -0.1) is 0 Å². The summed E-state index contributed by atoms with van der Waals surface area (Å²) >= 11 is 0. The topological polar surface area (TPSA) is 82.1 Å². The van der Waals surface area contributed by atoms with Crippen molar-refractivity contribution >= 4 is 17.3 Å². The Kier molecular flexibility index (Phi) is 4.40. The van der Waals surface area contributed by atoms with E-state index in [0.717, 1.165) is 0 Å². The van der Waals surface area contributed by atoms with Gasteiger partial charge in [0, 0.05) is 11.1 Å². The summed E-state index contributed by atoms with van der Waals surface area (Å²) in [7, 11) is 4.20. The van der Waals surface area contributed by atoms with E-state index in [1.807, 2.05) is 6.92 Å². The van der Waals surface area contributed by atoms with Gasteiger partial charge < -0.3 is 19.3 Å². The summed E-state index contributed by atoms with van der Waals surface area (Å²) in [5.74, 6) is -1.04. The van der Waals surface area contributed by atoms with Crippen molar-refractivity contribution in [2.75, 3.05) is 21.3 Å². The first kappa shape index (κ1) is 15.9. The van der Waals surface area contributed by atoms with Gasteiger partial charge in [-0.05, 0) is 12.5 Å². The molecule has 6 heteroatoms. The lowest BCUT2D eigenvalue weighted by Gasteiger charge is -2.22. The lowest BCUT2D eigenvalue weighted by atomic mass is 9.85. The lowest BCUT2D eigenvalue weighted by molar-refractivity contribution is -0.112. The average Bonchev–Trinajstić information content (AvgIpc) is 2.54. The van der Waals surface area contributed by atoms with Crippen LogP contribution in [-0.2, 0) is 4.79 Å². The molecule has 0 aliphatic heterocycles. The summed E-state index contributed by atoms with van der Waals surface area (Å²) in [6.07, 6.45) is 0.963. The largest absolute Gasteiger partial charge is 0.507 e. The second-order valence-electron chi connectivity index (χ2n) is 4.80. The van der Waals surface area contributed by atoms with E-state index in [2.05, 4.69) is 0 Å². The van der Waals surface area contributed by atoms with Crippen LogP contribution in [0.5, 0.6) is 17.2 Å². The van der Waals surface area contributed by atoms with Crippen LogP contribution in [0.25, 0.3) is 5.76 Å². The van der Waals surface area contributed by atoms with Gasteiger partial charge in [0.05, 0.1) is 26.9 Å². The molecule has 118 valence electrons. The van der Waals surface area contributed by atoms with Crippen LogP contribution in [-0.4, -0.2) is 38.0 Å². The smallest absolute Gasteiger partial charge is 0.237 e. The van der Waals surface area contributed by atoms with Crippen LogP contribution in [0.15, 0.2) is 11.6 Å². The molecule has 0 radical (unpaired) electrons. The van der Waals surface area contributed by atoms with Crippen LogP contribution < -0.4 is 14.2 Å². The number of fused-ring (bicyclic) bond motifs is 1. The van der Waals surface area contributed by atoms with Gasteiger partial charge >= 0.3 is 0 Å². The molecule has 2 rings (SSSR count). The molecule has 1 N–H and O–H groups in total. The third-order valence-corrected chi connectivity index (χ3v) is 3.58. The van der Waals surface area contributed by atoms with E-state index >= 15 is 0 Å². The minimum Gasteiger partial charge on any atom is -0.507 e. The number of carbonyl (C=O) groups excluding carboxylic acids is 2. The SMILES string of the molecule is CCCC1=C(O)c2cc(OC)c(OC)c(OC)c2C(=O)C1=O. The zero-order chi connectivity index (χ0) is 16.4. The number of aliphatic hydroxyl groups is 1. The van der Waals surface area contributed by atoms with Crippen molar-refractivity contribution in [2.45, 2.75) is 19.8 Å². The fourth-order valence-corrected chi connectivity index (χ4v) is 2.57. The van der Waals surface area contributed by atoms with Gasteiger partial charge in [0.1, 0.15) is 5.76 Å². The first-order valence-corrected chi connectivity index (χ1v) is 6.86. The number of Topliss-reactive ketones (excluding diaryl/α,β-unsaturated/α-hetero) is 2. The molecule has 1 aliphatic carbocycles. The van der Waals surface area contributed by atoms with Gasteiger partial charge in [-0.25, -0.2) is 0 Å². The Morgan fingerprint density at radius 1 is 1.00 bits per heavy atom. The minimum absolute atomic E-state index is 0.00232. The fourth-order valence-electron chi connectivity index (χ4n) is 2.57. The Morgan fingerprint density at radius 3 is 2.14 bits per heavy atom. The number of ether oxygens (including phenoxy) is 3. The number of methoxy groups -OCH3 is 3. The molecule has 1 aromatic carbocycles. The average molecular weight is 306 g/mol. The number of carbonyl (C=O) groups is 2. The Balaban J connectivity index is 2.84. The monoisotopic (exact) mass is 306 g/mol. The Labute approximate surface area is 128 Å². The highest BCUT2D eigenvalue weighted by Crippen LogP contribution is 2.46. The highest BCUT2D eigenvalue weighted by atomic mass is 16.5. The molecule has 1 aliphatic rings. The number of ketones is 2. The summed E-state index contributed by atoms with van der Waals surface area (Å²) in [5, 5.41) is 10.4. The molecule has 22 heavy (non-hydrogen) atoms. The molecular weight excluding hydrogens is 288 g/mol. The normalized spacial score (nSPS) is 14.0. The molecule has 0 heterocycles. The third-order valence-electron chi connectivity index (χ3n) is 3.58. The van der Waals surface area contributed by atoms with Crippen molar-refractivity contribution < 1.29 is 28.9 Å². The molecule has 6 nitrogen and oxygen atoms in total. The van der Waals surface area contributed by atoms with Crippen LogP contribution in [0.1, 0.15) is 35.7 Å². The third kappa shape index (κ3) is 2.20. The van der Waals surface area contributed by atoms with Crippen LogP contribution >= 0.6 is 0 Å². The predicted octanol–water partition coefficient (Wildman–Crippen LogP) is 2.55. The van der Waals surface area contributed by atoms with Crippen LogP contribution in [0, 0.1) is 0 Å². The van der Waals surface area contributed by atoms with E-state index < -0.39 is 11.6 Å². The second-order valence-corrected chi connectivity index (χ2v) is 4.80. The van der Waals surface area contributed by atoms with E-state index in [-0.39, 0.29) is 34.0 Å². The number of aliphatic hydroxyl groups excluding tert-OH is 1. The number of hydrogen-bond donors (Lipinski definition) is 1. The maximum absolute atomic E-state index is 12.4. The van der Waals surface area contributed by atoms with Gasteiger partial charge in [0.2, 0.25) is 17.3 Å². The summed E-state index contributed by atoms with van der Waals surface area (Å²) in [4.78, 5) is 24.6. The molecule has 0 unspecified atom stereocenters. The lowest BCUT2D eigenvalue weighted by Crippen LogP contribution is -2.25. The quantitative estimate of drug-likeness (QED) is 0.842. The van der Waals surface area contributed by atoms with Gasteiger partial charge in [0.15, 0.2) is 11.5 Å². The van der Waals surface area contributed by atoms with E-state index in [4.69, 9.17) is 14.2 Å². The van der Waals surface area contributed by atoms with Gasteiger partial charge in [-0.1, -0.05) is 13.3 Å². The van der Waals surface area contributed by atoms with Crippen molar-refractivity contribution in [2.24, 2.45) is 0 Å². The number of benzene rings is 1. The van der Waals surface area contributed by atoms with Gasteiger partial charge in [0.25, 0.3) is 0 Å². The first-order valence-electron chi connectivity index (χ1n) is 6.86. The van der Waals surface area contributed by atoms with Gasteiger partial charge in [-0.3, -0.25) is 9.59 Å². The standard InChI is InChI=1S/C16H18O6/c1-5-6-8-12(17)9-7-10(20-2)15(21-3)16(22-4)11(9)14(19)13(8)18/h7,17H,5-6H2,1-4H3. The highest BCUT2D eigenvalue weighted by Gasteiger charge is 2.37. The van der Waals surface area contributed by atoms with E-state index in [9.17, 15) is 14.7 Å². The molecule has 0 amide bonds. The molecular formula is C16H18O6. The van der Waals surface area contributed by atoms with E-state index in [1.54, 1.807) is 0 Å². The molecule has 0 saturated heterocycles. The Morgan fingerprint density at radius 2 is 1.64 bits per heavy atom. The number of rotatable bonds is 5. The van der Waals surface area contributed by atoms with Crippen molar-refractivity contribution in [3.8, 4) is 17.2 Å². The number of allylic oxidation sites excluding steroid dienone is 1. The van der Waals surface area contributed by atoms with E-state index in [0.29, 0.717) is 18.6 Å². The van der Waals surface area contributed by atoms with Gasteiger partial charge in [-0.2, -0.15) is 0 Å². The van der Waals surface area contributed by atoms with Crippen molar-refractivity contribution in [3.63, 3.8) is 0 Å². The first-order chi connectivity index (χ1) is 10.5. The zero-order valence-corrected chi connectivity index (χ0v) is 13.0. The fraction of sp³-hybridized carbons (Fsp3) is 0.375. The second kappa shape index (κ2) is 6.09. The molecule has 1 aromatic rings. The maximum atomic E-state index is 12.4. The summed E-state index contributed by atoms with van der Waals surface area (Å²) in [6.45, 7) is 1.86. The van der Waals surface area contributed by atoms with Crippen molar-refractivity contribution in [3.05, 3.63) is 22.8 Å². The number of hydrogen-bond acceptors (Lipinski definition) is 6. The predicted molar refractivity (Wildman–Crippen MR) is 79.9 cm³/mol. The Bertz CT molecular complexity index is 672. The Hall–Kier alpha value is -2.50. The molecule has 0 spiro atoms. The maximum Gasteiger partial charge on any atom is 0.237 e. The van der Waals surface area contributed by atoms with Crippen LogP contribution in [0.4, 0.5) is 0 Å². The van der Waals surface area contributed by atoms with Crippen LogP contribution in [0.2, 0.25) is 0 Å². The van der Waals surface area contributed by atoms with E-state index in [1.165, 1.54) is 27.4 Å².